The van der Waals surface area contributed by atoms with E-state index in [1.54, 1.807) is 4.90 Å². The highest BCUT2D eigenvalue weighted by molar-refractivity contribution is 6.33. The molecular formula is C21H26ClFN2O2. The number of halogens is 2. The second-order valence-corrected chi connectivity index (χ2v) is 7.72. The van der Waals surface area contributed by atoms with Gasteiger partial charge in [0, 0.05) is 25.6 Å². The Hall–Kier alpha value is -1.88. The van der Waals surface area contributed by atoms with Gasteiger partial charge in [0.2, 0.25) is 5.91 Å². The van der Waals surface area contributed by atoms with Gasteiger partial charge in [-0.1, -0.05) is 29.3 Å². The van der Waals surface area contributed by atoms with Crippen molar-refractivity contribution in [1.82, 2.24) is 10.2 Å². The molecule has 1 heterocycles. The number of allylic oxidation sites excluding steroid dienone is 1. The Morgan fingerprint density at radius 3 is 2.67 bits per heavy atom. The highest BCUT2D eigenvalue weighted by Crippen LogP contribution is 2.25. The minimum atomic E-state index is -0.607. The fourth-order valence-corrected chi connectivity index (χ4v) is 4.07. The molecule has 0 aromatic heterocycles. The zero-order valence-corrected chi connectivity index (χ0v) is 16.2. The first-order valence-corrected chi connectivity index (χ1v) is 10.1. The number of amides is 2. The Labute approximate surface area is 164 Å². The number of likely N-dealkylation sites (tertiary alicyclic amines) is 1. The molecule has 0 saturated carbocycles. The van der Waals surface area contributed by atoms with E-state index < -0.39 is 11.7 Å². The van der Waals surface area contributed by atoms with Crippen molar-refractivity contribution in [1.29, 1.82) is 0 Å². The molecule has 2 aliphatic rings. The highest BCUT2D eigenvalue weighted by Gasteiger charge is 2.29. The van der Waals surface area contributed by atoms with Gasteiger partial charge in [-0.3, -0.25) is 9.59 Å². The van der Waals surface area contributed by atoms with Gasteiger partial charge in [0.15, 0.2) is 0 Å². The van der Waals surface area contributed by atoms with Gasteiger partial charge in [0.25, 0.3) is 5.91 Å². The third-order valence-corrected chi connectivity index (χ3v) is 5.77. The van der Waals surface area contributed by atoms with Crippen molar-refractivity contribution < 1.29 is 14.0 Å². The van der Waals surface area contributed by atoms with E-state index in [0.717, 1.165) is 19.3 Å². The van der Waals surface area contributed by atoms with Crippen molar-refractivity contribution in [2.24, 2.45) is 5.92 Å². The lowest BCUT2D eigenvalue weighted by molar-refractivity contribution is -0.126. The van der Waals surface area contributed by atoms with Gasteiger partial charge in [-0.2, -0.15) is 0 Å². The molecule has 146 valence electrons. The number of carbonyl (C=O) groups is 2. The summed E-state index contributed by atoms with van der Waals surface area (Å²) in [4.78, 5) is 26.5. The number of benzene rings is 1. The molecule has 1 aliphatic carbocycles. The lowest BCUT2D eigenvalue weighted by Crippen LogP contribution is -2.43. The van der Waals surface area contributed by atoms with E-state index in [-0.39, 0.29) is 22.4 Å². The molecule has 0 atom stereocenters. The zero-order valence-electron chi connectivity index (χ0n) is 15.5. The van der Waals surface area contributed by atoms with Crippen molar-refractivity contribution in [3.8, 4) is 0 Å². The zero-order chi connectivity index (χ0) is 19.2. The fraction of sp³-hybridized carbons (Fsp3) is 0.524. The van der Waals surface area contributed by atoms with E-state index in [1.807, 2.05) is 0 Å². The fourth-order valence-electron chi connectivity index (χ4n) is 3.83. The van der Waals surface area contributed by atoms with Gasteiger partial charge >= 0.3 is 0 Å². The minimum Gasteiger partial charge on any atom is -0.356 e. The van der Waals surface area contributed by atoms with Gasteiger partial charge in [-0.05, 0) is 57.1 Å². The highest BCUT2D eigenvalue weighted by atomic mass is 35.5. The molecule has 2 amide bonds. The maximum absolute atomic E-state index is 14.0. The van der Waals surface area contributed by atoms with Crippen LogP contribution in [0.3, 0.4) is 0 Å². The van der Waals surface area contributed by atoms with E-state index in [9.17, 15) is 14.0 Å². The first kappa shape index (κ1) is 19.9. The summed E-state index contributed by atoms with van der Waals surface area (Å²) in [5.74, 6) is -1.04. The van der Waals surface area contributed by atoms with Crippen LogP contribution in [0.2, 0.25) is 5.02 Å². The maximum atomic E-state index is 14.0. The number of hydrogen-bond acceptors (Lipinski definition) is 2. The summed E-state index contributed by atoms with van der Waals surface area (Å²) in [6, 6.07) is 4.23. The summed E-state index contributed by atoms with van der Waals surface area (Å²) >= 11 is 5.99. The molecule has 6 heteroatoms. The smallest absolute Gasteiger partial charge is 0.258 e. The van der Waals surface area contributed by atoms with Crippen molar-refractivity contribution in [2.75, 3.05) is 19.6 Å². The quantitative estimate of drug-likeness (QED) is 0.758. The largest absolute Gasteiger partial charge is 0.356 e. The van der Waals surface area contributed by atoms with Crippen LogP contribution in [0.25, 0.3) is 0 Å². The molecule has 0 bridgehead atoms. The molecule has 1 fully saturated rings. The monoisotopic (exact) mass is 392 g/mol. The number of rotatable bonds is 5. The Balaban J connectivity index is 1.46. The lowest BCUT2D eigenvalue weighted by atomic mass is 9.94. The van der Waals surface area contributed by atoms with Crippen LogP contribution >= 0.6 is 11.6 Å². The molecule has 1 N–H and O–H groups in total. The van der Waals surface area contributed by atoms with Crippen molar-refractivity contribution in [3.63, 3.8) is 0 Å². The first-order valence-electron chi connectivity index (χ1n) is 9.75. The predicted molar refractivity (Wildman–Crippen MR) is 104 cm³/mol. The Morgan fingerprint density at radius 2 is 2.00 bits per heavy atom. The number of nitrogens with one attached hydrogen (secondary N) is 1. The average Bonchev–Trinajstić information content (AvgIpc) is 2.68. The van der Waals surface area contributed by atoms with Crippen molar-refractivity contribution in [3.05, 3.63) is 46.3 Å². The third-order valence-electron chi connectivity index (χ3n) is 5.46. The van der Waals surface area contributed by atoms with Gasteiger partial charge in [-0.25, -0.2) is 4.39 Å². The summed E-state index contributed by atoms with van der Waals surface area (Å²) in [7, 11) is 0. The molecule has 1 aliphatic heterocycles. The number of hydrogen-bond donors (Lipinski definition) is 1. The Bertz CT molecular complexity index is 707. The van der Waals surface area contributed by atoms with Gasteiger partial charge in [0.1, 0.15) is 5.82 Å². The standard InChI is InChI=1S/C21H26ClFN2O2/c22-17-7-4-8-18(23)19(17)21(27)25-13-10-16(11-14-25)20(26)24-12-9-15-5-2-1-3-6-15/h4-5,7-8,16H,1-3,6,9-14H2,(H,24,26). The normalized spacial score (nSPS) is 18.1. The first-order chi connectivity index (χ1) is 13.1. The van der Waals surface area contributed by atoms with Crippen LogP contribution in [0.15, 0.2) is 29.8 Å². The lowest BCUT2D eigenvalue weighted by Gasteiger charge is -2.31. The minimum absolute atomic E-state index is 0.0578. The molecule has 4 nitrogen and oxygen atoms in total. The van der Waals surface area contributed by atoms with Crippen LogP contribution in [0.5, 0.6) is 0 Å². The van der Waals surface area contributed by atoms with E-state index >= 15 is 0 Å². The van der Waals surface area contributed by atoms with Crippen LogP contribution in [-0.4, -0.2) is 36.3 Å². The molecule has 1 aromatic carbocycles. The third kappa shape index (κ3) is 5.10. The summed E-state index contributed by atoms with van der Waals surface area (Å²) < 4.78 is 14.0. The van der Waals surface area contributed by atoms with E-state index in [2.05, 4.69) is 11.4 Å². The number of nitrogens with zero attached hydrogens (tertiary/aromatic N) is 1. The van der Waals surface area contributed by atoms with Crippen LogP contribution in [0.4, 0.5) is 4.39 Å². The van der Waals surface area contributed by atoms with Crippen molar-refractivity contribution >= 4 is 23.4 Å². The molecule has 27 heavy (non-hydrogen) atoms. The van der Waals surface area contributed by atoms with Crippen LogP contribution in [0, 0.1) is 11.7 Å². The van der Waals surface area contributed by atoms with Crippen LogP contribution in [-0.2, 0) is 4.79 Å². The molecule has 1 aromatic rings. The molecule has 1 saturated heterocycles. The van der Waals surface area contributed by atoms with E-state index in [1.165, 1.54) is 36.6 Å². The SMILES string of the molecule is O=C(NCCC1=CCCCC1)C1CCN(C(=O)c2c(F)cccc2Cl)CC1. The maximum Gasteiger partial charge on any atom is 0.258 e. The summed E-state index contributed by atoms with van der Waals surface area (Å²) in [5, 5.41) is 3.15. The molecule has 0 unspecified atom stereocenters. The summed E-state index contributed by atoms with van der Waals surface area (Å²) in [6.45, 7) is 1.55. The van der Waals surface area contributed by atoms with Crippen LogP contribution < -0.4 is 5.32 Å². The topological polar surface area (TPSA) is 49.4 Å². The van der Waals surface area contributed by atoms with Gasteiger partial charge < -0.3 is 10.2 Å². The van der Waals surface area contributed by atoms with Gasteiger partial charge in [0.05, 0.1) is 10.6 Å². The Morgan fingerprint density at radius 1 is 1.22 bits per heavy atom. The second kappa shape index (κ2) is 9.36. The van der Waals surface area contributed by atoms with Crippen LogP contribution in [0.1, 0.15) is 55.3 Å². The van der Waals surface area contributed by atoms with E-state index in [4.69, 9.17) is 11.6 Å². The molecule has 0 spiro atoms. The number of carbonyl (C=O) groups excluding carboxylic acids is 2. The molecule has 0 radical (unpaired) electrons. The average molecular weight is 393 g/mol. The molecule has 3 rings (SSSR count). The second-order valence-electron chi connectivity index (χ2n) is 7.31. The summed E-state index contributed by atoms with van der Waals surface area (Å²) in [6.07, 6.45) is 9.22. The number of piperidine rings is 1. The van der Waals surface area contributed by atoms with Crippen molar-refractivity contribution in [2.45, 2.75) is 44.9 Å². The predicted octanol–water partition coefficient (Wildman–Crippen LogP) is 4.34. The molecular weight excluding hydrogens is 367 g/mol. The van der Waals surface area contributed by atoms with Gasteiger partial charge in [-0.15, -0.1) is 0 Å². The summed E-state index contributed by atoms with van der Waals surface area (Å²) in [5.41, 5.74) is 1.37. The van der Waals surface area contributed by atoms with E-state index in [0.29, 0.717) is 32.5 Å². The Kier molecular flexibility index (Phi) is 6.89.